The van der Waals surface area contributed by atoms with E-state index in [0.717, 1.165) is 6.20 Å². The van der Waals surface area contributed by atoms with Crippen molar-refractivity contribution in [2.75, 3.05) is 0 Å². The van der Waals surface area contributed by atoms with E-state index in [0.29, 0.717) is 16.3 Å². The van der Waals surface area contributed by atoms with Gasteiger partial charge in [-0.05, 0) is 18.2 Å². The average molecular weight is 225 g/mol. The fourth-order valence-electron chi connectivity index (χ4n) is 1.22. The number of nitrogens with one attached hydrogen (secondary N) is 1. The molecule has 0 amide bonds. The third-order valence-electron chi connectivity index (χ3n) is 1.87. The first-order chi connectivity index (χ1) is 7.16. The summed E-state index contributed by atoms with van der Waals surface area (Å²) < 4.78 is 13.0. The number of aromatic nitrogens is 2. The number of hydrogen-bond donors (Lipinski definition) is 1. The molecule has 0 unspecified atom stereocenters. The fraction of sp³-hybridized carbons (Fsp3) is 0. The third-order valence-corrected chi connectivity index (χ3v) is 2.20. The minimum atomic E-state index is -0.417. The van der Waals surface area contributed by atoms with Crippen molar-refractivity contribution in [3.8, 4) is 11.3 Å². The summed E-state index contributed by atoms with van der Waals surface area (Å²) in [4.78, 5) is 17.2. The average Bonchev–Trinajstić information content (AvgIpc) is 2.22. The van der Waals surface area contributed by atoms with Crippen LogP contribution in [0.15, 0.2) is 35.4 Å². The molecule has 0 bridgehead atoms. The molecule has 3 nitrogen and oxygen atoms in total. The number of benzene rings is 1. The maximum Gasteiger partial charge on any atom is 0.266 e. The molecule has 1 N–H and O–H groups in total. The maximum absolute atomic E-state index is 13.0. The molecule has 0 aliphatic heterocycles. The Bertz CT molecular complexity index is 553. The van der Waals surface area contributed by atoms with Gasteiger partial charge >= 0.3 is 0 Å². The van der Waals surface area contributed by atoms with Crippen LogP contribution in [-0.4, -0.2) is 9.97 Å². The van der Waals surface area contributed by atoms with Crippen molar-refractivity contribution in [3.63, 3.8) is 0 Å². The molecule has 5 heteroatoms. The molecule has 0 fully saturated rings. The highest BCUT2D eigenvalue weighted by atomic mass is 35.5. The first-order valence-electron chi connectivity index (χ1n) is 4.16. The van der Waals surface area contributed by atoms with Crippen LogP contribution in [0.1, 0.15) is 0 Å². The second kappa shape index (κ2) is 3.82. The van der Waals surface area contributed by atoms with Crippen molar-refractivity contribution in [2.24, 2.45) is 0 Å². The summed E-state index contributed by atoms with van der Waals surface area (Å²) in [7, 11) is 0. The van der Waals surface area contributed by atoms with Crippen molar-refractivity contribution in [1.29, 1.82) is 0 Å². The van der Waals surface area contributed by atoms with Crippen molar-refractivity contribution < 1.29 is 4.39 Å². The van der Waals surface area contributed by atoms with E-state index in [1.807, 2.05) is 0 Å². The zero-order valence-corrected chi connectivity index (χ0v) is 8.25. The highest BCUT2D eigenvalue weighted by molar-refractivity contribution is 6.33. The van der Waals surface area contributed by atoms with Gasteiger partial charge in [0.2, 0.25) is 0 Å². The first-order valence-corrected chi connectivity index (χ1v) is 4.54. The van der Waals surface area contributed by atoms with Gasteiger partial charge in [0.05, 0.1) is 23.1 Å². The lowest BCUT2D eigenvalue weighted by molar-refractivity contribution is 0.628. The molecule has 2 rings (SSSR count). The summed E-state index contributed by atoms with van der Waals surface area (Å²) >= 11 is 5.87. The molecular weight excluding hydrogens is 219 g/mol. The lowest BCUT2D eigenvalue weighted by Crippen LogP contribution is -2.05. The van der Waals surface area contributed by atoms with Crippen LogP contribution < -0.4 is 5.56 Å². The molecule has 0 aliphatic rings. The molecule has 0 radical (unpaired) electrons. The first kappa shape index (κ1) is 9.86. The van der Waals surface area contributed by atoms with E-state index in [9.17, 15) is 9.18 Å². The van der Waals surface area contributed by atoms with Gasteiger partial charge in [-0.3, -0.25) is 9.78 Å². The summed E-state index contributed by atoms with van der Waals surface area (Å²) in [5, 5.41) is 0.361. The molecule has 0 saturated carbocycles. The highest BCUT2D eigenvalue weighted by Gasteiger charge is 2.05. The number of hydrogen-bond acceptors (Lipinski definition) is 2. The Kier molecular flexibility index (Phi) is 2.51. The van der Waals surface area contributed by atoms with E-state index in [1.54, 1.807) is 0 Å². The molecule has 0 atom stereocenters. The van der Waals surface area contributed by atoms with Crippen molar-refractivity contribution in [3.05, 3.63) is 51.8 Å². The monoisotopic (exact) mass is 224 g/mol. The molecule has 1 aromatic heterocycles. The maximum atomic E-state index is 13.0. The predicted octanol–water partition coefficient (Wildman–Crippen LogP) is 2.23. The van der Waals surface area contributed by atoms with Crippen molar-refractivity contribution in [2.45, 2.75) is 0 Å². The van der Waals surface area contributed by atoms with Crippen LogP contribution in [0.2, 0.25) is 5.02 Å². The third kappa shape index (κ3) is 2.05. The summed E-state index contributed by atoms with van der Waals surface area (Å²) in [5.74, 6) is -0.417. The van der Waals surface area contributed by atoms with Crippen LogP contribution in [-0.2, 0) is 0 Å². The minimum absolute atomic E-state index is 0.354. The normalized spacial score (nSPS) is 10.3. The lowest BCUT2D eigenvalue weighted by Gasteiger charge is -2.03. The summed E-state index contributed by atoms with van der Waals surface area (Å²) in [5.41, 5.74) is 0.460. The standard InChI is InChI=1S/C10H6ClFN2O/c11-8-2-1-6(12)3-7(8)9-4-13-5-10(15)14-9/h1-5H,(H,14,15). The topological polar surface area (TPSA) is 45.8 Å². The Hall–Kier alpha value is -1.68. The second-order valence-electron chi connectivity index (χ2n) is 2.93. The molecule has 15 heavy (non-hydrogen) atoms. The van der Waals surface area contributed by atoms with Gasteiger partial charge in [0, 0.05) is 5.56 Å². The Morgan fingerprint density at radius 1 is 1.33 bits per heavy atom. The molecule has 76 valence electrons. The molecule has 1 heterocycles. The van der Waals surface area contributed by atoms with Gasteiger partial charge in [0.25, 0.3) is 5.56 Å². The van der Waals surface area contributed by atoms with Gasteiger partial charge in [-0.25, -0.2) is 4.39 Å². The van der Waals surface area contributed by atoms with Crippen LogP contribution in [0, 0.1) is 5.82 Å². The van der Waals surface area contributed by atoms with E-state index >= 15 is 0 Å². The van der Waals surface area contributed by atoms with Gasteiger partial charge in [0.1, 0.15) is 5.82 Å². The number of halogens is 2. The van der Waals surface area contributed by atoms with E-state index in [1.165, 1.54) is 24.4 Å². The number of rotatable bonds is 1. The van der Waals surface area contributed by atoms with E-state index in [-0.39, 0.29) is 5.56 Å². The predicted molar refractivity (Wildman–Crippen MR) is 55.3 cm³/mol. The van der Waals surface area contributed by atoms with Crippen LogP contribution in [0.3, 0.4) is 0 Å². The van der Waals surface area contributed by atoms with Crippen molar-refractivity contribution >= 4 is 11.6 Å². The Morgan fingerprint density at radius 3 is 2.87 bits per heavy atom. The largest absolute Gasteiger partial charge is 0.319 e. The number of nitrogens with zero attached hydrogens (tertiary/aromatic N) is 1. The number of H-pyrrole nitrogens is 1. The van der Waals surface area contributed by atoms with E-state index in [2.05, 4.69) is 9.97 Å². The molecular formula is C10H6ClFN2O. The molecule has 0 spiro atoms. The highest BCUT2D eigenvalue weighted by Crippen LogP contribution is 2.25. The molecule has 0 aliphatic carbocycles. The fourth-order valence-corrected chi connectivity index (χ4v) is 1.44. The van der Waals surface area contributed by atoms with Crippen LogP contribution >= 0.6 is 11.6 Å². The van der Waals surface area contributed by atoms with Crippen molar-refractivity contribution in [1.82, 2.24) is 9.97 Å². The summed E-state index contributed by atoms with van der Waals surface area (Å²) in [6, 6.07) is 3.92. The zero-order chi connectivity index (χ0) is 10.8. The van der Waals surface area contributed by atoms with Gasteiger partial charge < -0.3 is 4.98 Å². The van der Waals surface area contributed by atoms with Gasteiger partial charge in [0.15, 0.2) is 0 Å². The molecule has 0 saturated heterocycles. The van der Waals surface area contributed by atoms with Crippen LogP contribution in [0.4, 0.5) is 4.39 Å². The zero-order valence-electron chi connectivity index (χ0n) is 7.50. The molecule has 1 aromatic carbocycles. The molecule has 2 aromatic rings. The summed E-state index contributed by atoms with van der Waals surface area (Å²) in [6.07, 6.45) is 2.55. The van der Waals surface area contributed by atoms with E-state index in [4.69, 9.17) is 11.6 Å². The Morgan fingerprint density at radius 2 is 2.13 bits per heavy atom. The van der Waals surface area contributed by atoms with Crippen LogP contribution in [0.5, 0.6) is 0 Å². The quantitative estimate of drug-likeness (QED) is 0.808. The Labute approximate surface area is 89.6 Å². The van der Waals surface area contributed by atoms with E-state index < -0.39 is 5.82 Å². The summed E-state index contributed by atoms with van der Waals surface area (Å²) in [6.45, 7) is 0. The minimum Gasteiger partial charge on any atom is -0.319 e. The smallest absolute Gasteiger partial charge is 0.266 e. The van der Waals surface area contributed by atoms with Gasteiger partial charge in [-0.2, -0.15) is 0 Å². The SMILES string of the molecule is O=c1cncc(-c2cc(F)ccc2Cl)[nH]1. The van der Waals surface area contributed by atoms with Gasteiger partial charge in [-0.15, -0.1) is 0 Å². The second-order valence-corrected chi connectivity index (χ2v) is 3.34. The number of aromatic amines is 1. The lowest BCUT2D eigenvalue weighted by atomic mass is 10.1. The van der Waals surface area contributed by atoms with Gasteiger partial charge in [-0.1, -0.05) is 11.6 Å². The Balaban J connectivity index is 2.63. The van der Waals surface area contributed by atoms with Crippen LogP contribution in [0.25, 0.3) is 11.3 Å².